The van der Waals surface area contributed by atoms with E-state index in [1.54, 1.807) is 6.20 Å². The largest absolute Gasteiger partial charge is 0.312 e. The Balaban J connectivity index is 1.75. The maximum atomic E-state index is 3.96. The third-order valence-corrected chi connectivity index (χ3v) is 3.83. The molecule has 0 amide bonds. The van der Waals surface area contributed by atoms with Crippen LogP contribution in [0, 0.1) is 5.92 Å². The second-order valence-electron chi connectivity index (χ2n) is 5.23. The second kappa shape index (κ2) is 5.60. The number of rotatable bonds is 4. The molecule has 3 atom stereocenters. The van der Waals surface area contributed by atoms with Gasteiger partial charge in [-0.2, -0.15) is 0 Å². The zero-order valence-electron chi connectivity index (χ0n) is 11.0. The van der Waals surface area contributed by atoms with E-state index in [-0.39, 0.29) is 0 Å². The second-order valence-corrected chi connectivity index (χ2v) is 5.23. The normalized spacial score (nSPS) is 30.6. The minimum absolute atomic E-state index is 0.629. The summed E-state index contributed by atoms with van der Waals surface area (Å²) in [6, 6.07) is 1.31. The molecule has 0 aliphatic carbocycles. The molecule has 0 radical (unpaired) electrons. The van der Waals surface area contributed by atoms with E-state index in [2.05, 4.69) is 41.4 Å². The van der Waals surface area contributed by atoms with Crippen LogP contribution in [0.15, 0.2) is 12.4 Å². The van der Waals surface area contributed by atoms with Gasteiger partial charge in [0.05, 0.1) is 12.7 Å². The molecule has 0 aromatic carbocycles. The Hall–Kier alpha value is -0.940. The van der Waals surface area contributed by atoms with Gasteiger partial charge < -0.3 is 10.2 Å². The monoisotopic (exact) mass is 237 g/mol. The average molecular weight is 237 g/mol. The van der Waals surface area contributed by atoms with Gasteiger partial charge >= 0.3 is 0 Å². The number of piperidine rings is 1. The van der Waals surface area contributed by atoms with Crippen molar-refractivity contribution in [1.82, 2.24) is 25.2 Å². The fraction of sp³-hybridized carbons (Fsp3) is 0.833. The molecule has 1 saturated heterocycles. The summed E-state index contributed by atoms with van der Waals surface area (Å²) in [6.45, 7) is 7.68. The van der Waals surface area contributed by atoms with Crippen molar-refractivity contribution in [2.75, 3.05) is 20.1 Å². The van der Waals surface area contributed by atoms with Gasteiger partial charge in [-0.15, -0.1) is 5.10 Å². The number of aromatic nitrogens is 3. The molecule has 1 aromatic rings. The van der Waals surface area contributed by atoms with Crippen LogP contribution in [-0.4, -0.2) is 52.1 Å². The lowest BCUT2D eigenvalue weighted by Crippen LogP contribution is -2.51. The van der Waals surface area contributed by atoms with Crippen molar-refractivity contribution in [2.24, 2.45) is 5.92 Å². The van der Waals surface area contributed by atoms with Gasteiger partial charge in [-0.1, -0.05) is 12.1 Å². The molecule has 0 saturated carbocycles. The third-order valence-electron chi connectivity index (χ3n) is 3.83. The van der Waals surface area contributed by atoms with Crippen molar-refractivity contribution in [3.63, 3.8) is 0 Å². The molecule has 2 rings (SSSR count). The van der Waals surface area contributed by atoms with Gasteiger partial charge in [-0.3, -0.25) is 4.68 Å². The summed E-state index contributed by atoms with van der Waals surface area (Å²) in [5, 5.41) is 11.4. The zero-order valence-corrected chi connectivity index (χ0v) is 11.0. The van der Waals surface area contributed by atoms with Crippen molar-refractivity contribution >= 4 is 0 Å². The highest BCUT2D eigenvalue weighted by Crippen LogP contribution is 2.20. The molecular weight excluding hydrogens is 214 g/mol. The fourth-order valence-corrected chi connectivity index (χ4v) is 2.54. The van der Waals surface area contributed by atoms with Crippen molar-refractivity contribution in [3.05, 3.63) is 12.4 Å². The molecule has 1 aliphatic heterocycles. The number of hydrogen-bond donors (Lipinski definition) is 1. The van der Waals surface area contributed by atoms with E-state index < -0.39 is 0 Å². The smallest absolute Gasteiger partial charge is 0.0692 e. The predicted octanol–water partition coefficient (Wildman–Crippen LogP) is 0.596. The summed E-state index contributed by atoms with van der Waals surface area (Å²) in [4.78, 5) is 2.44. The highest BCUT2D eigenvalue weighted by molar-refractivity contribution is 4.85. The summed E-state index contributed by atoms with van der Waals surface area (Å²) in [6.07, 6.45) is 4.86. The summed E-state index contributed by atoms with van der Waals surface area (Å²) < 4.78 is 1.87. The molecule has 1 fully saturated rings. The number of hydrogen-bond acceptors (Lipinski definition) is 4. The lowest BCUT2D eigenvalue weighted by Gasteiger charge is -2.40. The van der Waals surface area contributed by atoms with Crippen LogP contribution in [0.5, 0.6) is 0 Å². The molecule has 3 unspecified atom stereocenters. The maximum Gasteiger partial charge on any atom is 0.0692 e. The van der Waals surface area contributed by atoms with E-state index in [0.29, 0.717) is 18.0 Å². The van der Waals surface area contributed by atoms with E-state index in [0.717, 1.165) is 13.1 Å². The fourth-order valence-electron chi connectivity index (χ4n) is 2.54. The lowest BCUT2D eigenvalue weighted by molar-refractivity contribution is 0.121. The van der Waals surface area contributed by atoms with E-state index in [1.165, 1.54) is 13.0 Å². The van der Waals surface area contributed by atoms with Crippen LogP contribution in [0.4, 0.5) is 0 Å². The van der Waals surface area contributed by atoms with Crippen LogP contribution in [0.1, 0.15) is 20.3 Å². The zero-order chi connectivity index (χ0) is 12.3. The van der Waals surface area contributed by atoms with Crippen molar-refractivity contribution < 1.29 is 0 Å². The summed E-state index contributed by atoms with van der Waals surface area (Å²) in [5.74, 6) is 0.715. The molecule has 2 heterocycles. The van der Waals surface area contributed by atoms with Crippen LogP contribution >= 0.6 is 0 Å². The maximum absolute atomic E-state index is 3.96. The van der Waals surface area contributed by atoms with Gasteiger partial charge in [0.1, 0.15) is 0 Å². The van der Waals surface area contributed by atoms with E-state index in [1.807, 2.05) is 10.9 Å². The molecule has 0 bridgehead atoms. The SMILES string of the molecule is CC1CN(C)C(C)CC1NCCn1ccnn1. The quantitative estimate of drug-likeness (QED) is 0.833. The molecule has 1 aromatic heterocycles. The topological polar surface area (TPSA) is 46.0 Å². The van der Waals surface area contributed by atoms with Crippen LogP contribution in [0.25, 0.3) is 0 Å². The first-order valence-corrected chi connectivity index (χ1v) is 6.44. The standard InChI is InChI=1S/C12H23N5/c1-10-9-16(3)11(2)8-12(10)13-4-6-17-7-5-14-15-17/h5,7,10-13H,4,6,8-9H2,1-3H3. The highest BCUT2D eigenvalue weighted by Gasteiger charge is 2.28. The summed E-state index contributed by atoms with van der Waals surface area (Å²) in [7, 11) is 2.22. The molecule has 5 nitrogen and oxygen atoms in total. The van der Waals surface area contributed by atoms with Crippen molar-refractivity contribution in [3.8, 4) is 0 Å². The molecule has 5 heteroatoms. The minimum atomic E-state index is 0.629. The van der Waals surface area contributed by atoms with Crippen LogP contribution < -0.4 is 5.32 Å². The molecule has 0 spiro atoms. The summed E-state index contributed by atoms with van der Waals surface area (Å²) >= 11 is 0. The molecule has 17 heavy (non-hydrogen) atoms. The molecule has 96 valence electrons. The van der Waals surface area contributed by atoms with Gasteiger partial charge in [0.15, 0.2) is 0 Å². The van der Waals surface area contributed by atoms with Gasteiger partial charge in [-0.25, -0.2) is 0 Å². The number of nitrogens with one attached hydrogen (secondary N) is 1. The van der Waals surface area contributed by atoms with Crippen LogP contribution in [0.3, 0.4) is 0 Å². The average Bonchev–Trinajstić information content (AvgIpc) is 2.78. The molecule has 1 aliphatic rings. The van der Waals surface area contributed by atoms with Crippen molar-refractivity contribution in [1.29, 1.82) is 0 Å². The molecule has 1 N–H and O–H groups in total. The lowest BCUT2D eigenvalue weighted by atomic mass is 9.90. The van der Waals surface area contributed by atoms with Gasteiger partial charge in [-0.05, 0) is 26.3 Å². The molecular formula is C12H23N5. The first-order valence-electron chi connectivity index (χ1n) is 6.44. The Morgan fingerprint density at radius 2 is 2.24 bits per heavy atom. The Bertz CT molecular complexity index is 324. The first kappa shape index (κ1) is 12.5. The third kappa shape index (κ3) is 3.26. The van der Waals surface area contributed by atoms with E-state index in [9.17, 15) is 0 Å². The Morgan fingerprint density at radius 3 is 2.94 bits per heavy atom. The number of likely N-dealkylation sites (tertiary alicyclic amines) is 1. The van der Waals surface area contributed by atoms with Gasteiger partial charge in [0, 0.05) is 31.4 Å². The minimum Gasteiger partial charge on any atom is -0.312 e. The Morgan fingerprint density at radius 1 is 1.41 bits per heavy atom. The van der Waals surface area contributed by atoms with Crippen molar-refractivity contribution in [2.45, 2.75) is 38.9 Å². The predicted molar refractivity (Wildman–Crippen MR) is 67.7 cm³/mol. The Kier molecular flexibility index (Phi) is 4.12. The number of nitrogens with zero attached hydrogens (tertiary/aromatic N) is 4. The van der Waals surface area contributed by atoms with Gasteiger partial charge in [0.25, 0.3) is 0 Å². The highest BCUT2D eigenvalue weighted by atomic mass is 15.4. The Labute approximate surface area is 103 Å². The van der Waals surface area contributed by atoms with Crippen LogP contribution in [0.2, 0.25) is 0 Å². The van der Waals surface area contributed by atoms with Crippen LogP contribution in [-0.2, 0) is 6.54 Å². The first-order chi connectivity index (χ1) is 8.16. The van der Waals surface area contributed by atoms with E-state index in [4.69, 9.17) is 0 Å². The van der Waals surface area contributed by atoms with E-state index >= 15 is 0 Å². The summed E-state index contributed by atoms with van der Waals surface area (Å²) in [5.41, 5.74) is 0. The van der Waals surface area contributed by atoms with Gasteiger partial charge in [0.2, 0.25) is 0 Å².